The lowest BCUT2D eigenvalue weighted by Crippen LogP contribution is -2.43. The molecule has 0 spiro atoms. The van der Waals surface area contributed by atoms with E-state index in [0.717, 1.165) is 10.4 Å². The van der Waals surface area contributed by atoms with Crippen molar-refractivity contribution in [2.24, 2.45) is 0 Å². The summed E-state index contributed by atoms with van der Waals surface area (Å²) in [6.45, 7) is 0.00556. The molecular formula is C14H16F3N3O3S. The zero-order valence-electron chi connectivity index (χ0n) is 12.8. The molecule has 1 aromatic carbocycles. The van der Waals surface area contributed by atoms with Crippen molar-refractivity contribution < 1.29 is 26.7 Å². The highest BCUT2D eigenvalue weighted by molar-refractivity contribution is 7.89. The molecule has 24 heavy (non-hydrogen) atoms. The number of halogens is 3. The monoisotopic (exact) mass is 363 g/mol. The normalized spacial score (nSPS) is 22.5. The van der Waals surface area contributed by atoms with Gasteiger partial charge in [0, 0.05) is 19.6 Å². The SMILES string of the molecule is CNCC1(O)CCN(S(=O)(=O)c2ccc(C(F)(F)F)cc2C#N)C1. The average molecular weight is 363 g/mol. The molecule has 2 rings (SSSR count). The Kier molecular flexibility index (Phi) is 4.92. The number of nitriles is 1. The minimum Gasteiger partial charge on any atom is -0.387 e. The van der Waals surface area contributed by atoms with E-state index in [1.165, 1.54) is 6.07 Å². The lowest BCUT2D eigenvalue weighted by molar-refractivity contribution is -0.137. The van der Waals surface area contributed by atoms with Crippen LogP contribution >= 0.6 is 0 Å². The minimum atomic E-state index is -4.67. The molecular weight excluding hydrogens is 347 g/mol. The molecule has 1 saturated heterocycles. The van der Waals surface area contributed by atoms with Gasteiger partial charge in [0.25, 0.3) is 0 Å². The maximum absolute atomic E-state index is 12.7. The molecule has 0 amide bonds. The van der Waals surface area contributed by atoms with Gasteiger partial charge in [-0.3, -0.25) is 0 Å². The van der Waals surface area contributed by atoms with Crippen molar-refractivity contribution in [2.75, 3.05) is 26.7 Å². The summed E-state index contributed by atoms with van der Waals surface area (Å²) in [7, 11) is -2.57. The molecule has 132 valence electrons. The zero-order valence-corrected chi connectivity index (χ0v) is 13.6. The number of nitrogens with one attached hydrogen (secondary N) is 1. The molecule has 1 atom stereocenters. The summed E-state index contributed by atoms with van der Waals surface area (Å²) < 4.78 is 64.4. The molecule has 0 aromatic heterocycles. The summed E-state index contributed by atoms with van der Waals surface area (Å²) in [6, 6.07) is 3.43. The number of aliphatic hydroxyl groups is 1. The zero-order chi connectivity index (χ0) is 18.2. The topological polar surface area (TPSA) is 93.4 Å². The number of rotatable bonds is 4. The summed E-state index contributed by atoms with van der Waals surface area (Å²) >= 11 is 0. The third kappa shape index (κ3) is 3.54. The summed E-state index contributed by atoms with van der Waals surface area (Å²) in [5.74, 6) is 0. The Morgan fingerprint density at radius 2 is 2.12 bits per heavy atom. The number of alkyl halides is 3. The standard InChI is InChI=1S/C14H16F3N3O3S/c1-19-8-13(21)4-5-20(9-13)24(22,23)12-3-2-11(14(15,16)17)6-10(12)7-18/h2-3,6,19,21H,4-5,8-9H2,1H3. The fourth-order valence-electron chi connectivity index (χ4n) is 2.66. The first-order valence-corrected chi connectivity index (χ1v) is 8.46. The first-order valence-electron chi connectivity index (χ1n) is 7.02. The van der Waals surface area contributed by atoms with Gasteiger partial charge in [-0.25, -0.2) is 8.42 Å². The van der Waals surface area contributed by atoms with Crippen LogP contribution in [0.4, 0.5) is 13.2 Å². The molecule has 1 aromatic rings. The molecule has 10 heteroatoms. The smallest absolute Gasteiger partial charge is 0.387 e. The lowest BCUT2D eigenvalue weighted by atomic mass is 10.0. The van der Waals surface area contributed by atoms with Crippen LogP contribution in [0.3, 0.4) is 0 Å². The Labute approximate surface area is 137 Å². The Bertz CT molecular complexity index is 774. The van der Waals surface area contributed by atoms with Gasteiger partial charge in [-0.05, 0) is 31.7 Å². The summed E-state index contributed by atoms with van der Waals surface area (Å²) in [5.41, 5.74) is -2.92. The van der Waals surface area contributed by atoms with Crippen LogP contribution in [-0.2, 0) is 16.2 Å². The number of hydrogen-bond donors (Lipinski definition) is 2. The van der Waals surface area contributed by atoms with Gasteiger partial charge in [0.15, 0.2) is 0 Å². The second kappa shape index (κ2) is 6.33. The average Bonchev–Trinajstić information content (AvgIpc) is 2.89. The van der Waals surface area contributed by atoms with Crippen LogP contribution in [0.5, 0.6) is 0 Å². The minimum absolute atomic E-state index is 0.0202. The van der Waals surface area contributed by atoms with Crippen molar-refractivity contribution in [3.05, 3.63) is 29.3 Å². The molecule has 1 aliphatic rings. The number of benzene rings is 1. The van der Waals surface area contributed by atoms with Gasteiger partial charge in [-0.1, -0.05) is 0 Å². The fraction of sp³-hybridized carbons (Fsp3) is 0.500. The highest BCUT2D eigenvalue weighted by atomic mass is 32.2. The van der Waals surface area contributed by atoms with Crippen molar-refractivity contribution >= 4 is 10.0 Å². The molecule has 6 nitrogen and oxygen atoms in total. The second-order valence-electron chi connectivity index (χ2n) is 5.66. The molecule has 0 bridgehead atoms. The predicted octanol–water partition coefficient (Wildman–Crippen LogP) is 0.922. The molecule has 1 fully saturated rings. The van der Waals surface area contributed by atoms with Crippen LogP contribution in [0.2, 0.25) is 0 Å². The summed E-state index contributed by atoms with van der Waals surface area (Å²) in [4.78, 5) is -0.494. The third-order valence-electron chi connectivity index (χ3n) is 3.85. The molecule has 1 heterocycles. The second-order valence-corrected chi connectivity index (χ2v) is 7.57. The molecule has 0 aliphatic carbocycles. The van der Waals surface area contributed by atoms with E-state index < -0.39 is 37.8 Å². The van der Waals surface area contributed by atoms with E-state index in [2.05, 4.69) is 5.32 Å². The van der Waals surface area contributed by atoms with E-state index in [0.29, 0.717) is 12.1 Å². The van der Waals surface area contributed by atoms with Gasteiger partial charge in [-0.2, -0.15) is 22.7 Å². The van der Waals surface area contributed by atoms with Gasteiger partial charge in [0.1, 0.15) is 6.07 Å². The Morgan fingerprint density at radius 1 is 1.46 bits per heavy atom. The highest BCUT2D eigenvalue weighted by Crippen LogP contribution is 2.33. The quantitative estimate of drug-likeness (QED) is 0.830. The molecule has 0 saturated carbocycles. The van der Waals surface area contributed by atoms with Crippen molar-refractivity contribution in [2.45, 2.75) is 23.1 Å². The first kappa shape index (κ1) is 18.7. The maximum atomic E-state index is 12.7. The van der Waals surface area contributed by atoms with Crippen molar-refractivity contribution in [3.63, 3.8) is 0 Å². The van der Waals surface area contributed by atoms with Gasteiger partial charge in [-0.15, -0.1) is 0 Å². The lowest BCUT2D eigenvalue weighted by Gasteiger charge is -2.23. The van der Waals surface area contributed by atoms with Crippen LogP contribution in [0.1, 0.15) is 17.5 Å². The summed E-state index contributed by atoms with van der Waals surface area (Å²) in [5, 5.41) is 22.1. The number of nitrogens with zero attached hydrogens (tertiary/aromatic N) is 2. The number of likely N-dealkylation sites (N-methyl/N-ethyl adjacent to an activating group) is 1. The fourth-order valence-corrected chi connectivity index (χ4v) is 4.30. The van der Waals surface area contributed by atoms with Crippen LogP contribution in [0, 0.1) is 11.3 Å². The van der Waals surface area contributed by atoms with E-state index in [4.69, 9.17) is 5.26 Å². The number of hydrogen-bond acceptors (Lipinski definition) is 5. The van der Waals surface area contributed by atoms with E-state index in [-0.39, 0.29) is 26.1 Å². The predicted molar refractivity (Wildman–Crippen MR) is 78.4 cm³/mol. The first-order chi connectivity index (χ1) is 11.0. The van der Waals surface area contributed by atoms with E-state index in [1.54, 1.807) is 7.05 Å². The molecule has 1 aliphatic heterocycles. The van der Waals surface area contributed by atoms with Crippen LogP contribution in [0.15, 0.2) is 23.1 Å². The van der Waals surface area contributed by atoms with E-state index >= 15 is 0 Å². The van der Waals surface area contributed by atoms with Crippen LogP contribution in [0.25, 0.3) is 0 Å². The molecule has 0 radical (unpaired) electrons. The summed E-state index contributed by atoms with van der Waals surface area (Å²) in [6.07, 6.45) is -4.48. The molecule has 2 N–H and O–H groups in total. The Hall–Kier alpha value is -1.67. The highest BCUT2D eigenvalue weighted by Gasteiger charge is 2.42. The van der Waals surface area contributed by atoms with Crippen LogP contribution in [-0.4, -0.2) is 50.1 Å². The van der Waals surface area contributed by atoms with E-state index in [9.17, 15) is 26.7 Å². The van der Waals surface area contributed by atoms with Gasteiger partial charge in [0.05, 0.1) is 21.6 Å². The van der Waals surface area contributed by atoms with Gasteiger partial charge in [0.2, 0.25) is 10.0 Å². The van der Waals surface area contributed by atoms with Crippen molar-refractivity contribution in [1.29, 1.82) is 5.26 Å². The molecule has 1 unspecified atom stereocenters. The Balaban J connectivity index is 2.39. The maximum Gasteiger partial charge on any atom is 0.416 e. The van der Waals surface area contributed by atoms with Gasteiger partial charge < -0.3 is 10.4 Å². The van der Waals surface area contributed by atoms with Crippen molar-refractivity contribution in [1.82, 2.24) is 9.62 Å². The largest absolute Gasteiger partial charge is 0.416 e. The third-order valence-corrected chi connectivity index (χ3v) is 5.75. The van der Waals surface area contributed by atoms with Crippen LogP contribution < -0.4 is 5.32 Å². The van der Waals surface area contributed by atoms with E-state index in [1.807, 2.05) is 0 Å². The number of β-amino-alcohol motifs (C(OH)–C–C–N with tert-alkyl or cyclic N) is 1. The number of sulfonamides is 1. The van der Waals surface area contributed by atoms with Crippen molar-refractivity contribution in [3.8, 4) is 6.07 Å². The Morgan fingerprint density at radius 3 is 2.67 bits per heavy atom. The van der Waals surface area contributed by atoms with Gasteiger partial charge >= 0.3 is 6.18 Å².